The van der Waals surface area contributed by atoms with E-state index in [1.165, 1.54) is 43.6 Å². The number of aryl methyl sites for hydroxylation is 2. The Morgan fingerprint density at radius 3 is 1.18 bits per heavy atom. The fourth-order valence-electron chi connectivity index (χ4n) is 12.0. The average molecular weight is 927 g/mol. The first-order valence-electron chi connectivity index (χ1n) is 25.0. The Morgan fingerprint density at radius 2 is 0.736 bits per heavy atom. The van der Waals surface area contributed by atoms with Crippen molar-refractivity contribution >= 4 is 143 Å². The van der Waals surface area contributed by atoms with Crippen LogP contribution < -0.4 is 9.80 Å². The largest absolute Gasteiger partial charge is 0.452 e. The molecule has 0 N–H and O–H groups in total. The Morgan fingerprint density at radius 1 is 0.319 bits per heavy atom. The van der Waals surface area contributed by atoms with Crippen LogP contribution in [0.5, 0.6) is 0 Å². The molecule has 15 aromatic rings. The summed E-state index contributed by atoms with van der Waals surface area (Å²) in [5, 5.41) is 13.7. The zero-order valence-electron chi connectivity index (χ0n) is 39.8. The summed E-state index contributed by atoms with van der Waals surface area (Å²) in [5.74, 6) is 0. The van der Waals surface area contributed by atoms with Crippen LogP contribution in [0.25, 0.3) is 109 Å². The van der Waals surface area contributed by atoms with E-state index >= 15 is 0 Å². The fourth-order valence-corrected chi connectivity index (χ4v) is 12.0. The molecule has 4 aromatic heterocycles. The zero-order chi connectivity index (χ0) is 47.6. The molecule has 0 amide bonds. The number of furan rings is 2. The highest BCUT2D eigenvalue weighted by atomic mass is 16.4. The van der Waals surface area contributed by atoms with E-state index in [0.717, 1.165) is 113 Å². The van der Waals surface area contributed by atoms with Gasteiger partial charge in [-0.25, -0.2) is 0 Å². The molecular weight excluding hydrogens is 881 g/mol. The van der Waals surface area contributed by atoms with Gasteiger partial charge in [0.05, 0.1) is 22.4 Å². The molecule has 0 fully saturated rings. The predicted octanol–water partition coefficient (Wildman–Crippen LogP) is 19.0. The van der Waals surface area contributed by atoms with Gasteiger partial charge in [-0.15, -0.1) is 0 Å². The van der Waals surface area contributed by atoms with Gasteiger partial charge in [-0.2, -0.15) is 0 Å². The van der Waals surface area contributed by atoms with Crippen molar-refractivity contribution in [1.29, 1.82) is 0 Å². The Bertz CT molecular complexity index is 4370. The molecule has 4 heterocycles. The summed E-state index contributed by atoms with van der Waals surface area (Å²) in [6.07, 6.45) is 0. The van der Waals surface area contributed by atoms with E-state index in [2.05, 4.69) is 251 Å². The number of anilines is 6. The molecule has 6 nitrogen and oxygen atoms in total. The Kier molecular flexibility index (Phi) is 8.81. The second kappa shape index (κ2) is 15.6. The molecule has 6 heteroatoms. The smallest absolute Gasteiger partial charge is 0.178 e. The fraction of sp³-hybridized carbons (Fsp3) is 0.0606. The molecule has 15 rings (SSSR count). The van der Waals surface area contributed by atoms with Crippen LogP contribution in [0.1, 0.15) is 13.8 Å². The van der Waals surface area contributed by atoms with Gasteiger partial charge in [0.25, 0.3) is 0 Å². The third-order valence-corrected chi connectivity index (χ3v) is 15.2. The lowest BCUT2D eigenvalue weighted by Gasteiger charge is -2.27. The molecule has 0 bridgehead atoms. The molecule has 0 atom stereocenters. The van der Waals surface area contributed by atoms with Crippen LogP contribution in [-0.2, 0) is 13.1 Å². The molecule has 0 spiro atoms. The van der Waals surface area contributed by atoms with Gasteiger partial charge < -0.3 is 27.8 Å². The molecule has 0 saturated carbocycles. The van der Waals surface area contributed by atoms with Gasteiger partial charge in [0.1, 0.15) is 11.2 Å². The molecule has 11 aromatic carbocycles. The van der Waals surface area contributed by atoms with Crippen LogP contribution in [0.4, 0.5) is 34.1 Å². The van der Waals surface area contributed by atoms with Crippen LogP contribution in [0.3, 0.4) is 0 Å². The van der Waals surface area contributed by atoms with Crippen molar-refractivity contribution in [1.82, 2.24) is 9.13 Å². The van der Waals surface area contributed by atoms with E-state index in [4.69, 9.17) is 8.83 Å². The van der Waals surface area contributed by atoms with Gasteiger partial charge >= 0.3 is 0 Å². The summed E-state index contributed by atoms with van der Waals surface area (Å²) < 4.78 is 18.6. The first-order valence-corrected chi connectivity index (χ1v) is 25.0. The number of fused-ring (bicyclic) bond motifs is 15. The van der Waals surface area contributed by atoms with E-state index in [9.17, 15) is 0 Å². The molecule has 0 radical (unpaired) electrons. The SMILES string of the molecule is CCn1c2ccccc2c2c(N(c3ccccc3)c3ccc4cc5c(cc4c3)oc3c5ccc4c5cc6ccc(N(c7ccccc7)c7cccc8c7c7ccccc7n8CC)cc6cc5oc43)cccc21. The molecule has 72 heavy (non-hydrogen) atoms. The van der Waals surface area contributed by atoms with Crippen LogP contribution in [-0.4, -0.2) is 9.13 Å². The maximum atomic E-state index is 6.90. The number of para-hydroxylation sites is 4. The van der Waals surface area contributed by atoms with Crippen molar-refractivity contribution < 1.29 is 8.83 Å². The molecular formula is C66H46N4O2. The van der Waals surface area contributed by atoms with Crippen LogP contribution >= 0.6 is 0 Å². The zero-order valence-corrected chi connectivity index (χ0v) is 39.8. The number of aromatic nitrogens is 2. The minimum atomic E-state index is 0.762. The molecule has 0 saturated heterocycles. The average Bonchev–Trinajstić information content (AvgIpc) is 4.18. The van der Waals surface area contributed by atoms with Gasteiger partial charge in [-0.05, 0) is 157 Å². The highest BCUT2D eigenvalue weighted by Crippen LogP contribution is 2.47. The van der Waals surface area contributed by atoms with E-state index in [-0.39, 0.29) is 0 Å². The van der Waals surface area contributed by atoms with Crippen LogP contribution in [0.15, 0.2) is 227 Å². The summed E-state index contributed by atoms with van der Waals surface area (Å²) in [7, 11) is 0. The van der Waals surface area contributed by atoms with Gasteiger partial charge in [0.15, 0.2) is 11.2 Å². The minimum Gasteiger partial charge on any atom is -0.452 e. The van der Waals surface area contributed by atoms with Crippen molar-refractivity contribution in [2.45, 2.75) is 26.9 Å². The molecule has 0 unspecified atom stereocenters. The van der Waals surface area contributed by atoms with Crippen molar-refractivity contribution in [2.24, 2.45) is 0 Å². The maximum Gasteiger partial charge on any atom is 0.178 e. The lowest BCUT2D eigenvalue weighted by atomic mass is 10.0. The number of hydrogen-bond acceptors (Lipinski definition) is 4. The first kappa shape index (κ1) is 40.6. The Labute approximate surface area is 414 Å². The third-order valence-electron chi connectivity index (χ3n) is 15.2. The summed E-state index contributed by atoms with van der Waals surface area (Å²) in [6.45, 7) is 6.22. The van der Waals surface area contributed by atoms with Crippen molar-refractivity contribution in [3.8, 4) is 0 Å². The van der Waals surface area contributed by atoms with Crippen molar-refractivity contribution in [3.63, 3.8) is 0 Å². The second-order valence-corrected chi connectivity index (χ2v) is 19.0. The topological polar surface area (TPSA) is 42.6 Å². The number of benzene rings is 11. The van der Waals surface area contributed by atoms with Gasteiger partial charge in [-0.3, -0.25) is 0 Å². The van der Waals surface area contributed by atoms with E-state index < -0.39 is 0 Å². The summed E-state index contributed by atoms with van der Waals surface area (Å²) in [5.41, 5.74) is 14.8. The first-order chi connectivity index (χ1) is 35.6. The molecule has 0 aliphatic carbocycles. The number of hydrogen-bond donors (Lipinski definition) is 0. The van der Waals surface area contributed by atoms with Crippen LogP contribution in [0.2, 0.25) is 0 Å². The molecule has 0 aliphatic heterocycles. The summed E-state index contributed by atoms with van der Waals surface area (Å²) >= 11 is 0. The molecule has 342 valence electrons. The third kappa shape index (κ3) is 5.90. The van der Waals surface area contributed by atoms with Gasteiger partial charge in [0.2, 0.25) is 0 Å². The highest BCUT2D eigenvalue weighted by molar-refractivity contribution is 6.22. The predicted molar refractivity (Wildman–Crippen MR) is 303 cm³/mol. The van der Waals surface area contributed by atoms with E-state index in [0.29, 0.717) is 0 Å². The van der Waals surface area contributed by atoms with Crippen molar-refractivity contribution in [3.05, 3.63) is 218 Å². The van der Waals surface area contributed by atoms with E-state index in [1.807, 2.05) is 0 Å². The van der Waals surface area contributed by atoms with Crippen molar-refractivity contribution in [2.75, 3.05) is 9.80 Å². The maximum absolute atomic E-state index is 6.90. The quantitative estimate of drug-likeness (QED) is 0.152. The lowest BCUT2D eigenvalue weighted by molar-refractivity contribution is 0.634. The Hall–Kier alpha value is -9.26. The number of rotatable bonds is 8. The standard InChI is InChI=1S/C66H46N4O2/c1-3-67-55-23-13-11-21-51(55)63-57(67)25-15-27-59(63)69(45-17-7-5-8-18-45)47-31-29-41-37-53-49-33-34-50-54-38-42-30-32-48(36-44(42)40-62(54)72-66(50)65(49)71-61(53)39-43(41)35-47)70(46-19-9-6-10-20-46)60-28-16-26-58-64(60)52-22-12-14-24-56(52)68(58)4-2/h5-40H,3-4H2,1-2H3. The second-order valence-electron chi connectivity index (χ2n) is 19.0. The summed E-state index contributed by atoms with van der Waals surface area (Å²) in [6, 6.07) is 79.2. The Balaban J connectivity index is 0.862. The summed E-state index contributed by atoms with van der Waals surface area (Å²) in [4.78, 5) is 4.79. The highest BCUT2D eigenvalue weighted by Gasteiger charge is 2.24. The van der Waals surface area contributed by atoms with Crippen LogP contribution in [0, 0.1) is 0 Å². The minimum absolute atomic E-state index is 0.762. The number of nitrogens with zero attached hydrogens (tertiary/aromatic N) is 4. The molecule has 0 aliphatic rings. The normalized spacial score (nSPS) is 12.1. The monoisotopic (exact) mass is 926 g/mol. The van der Waals surface area contributed by atoms with Gasteiger partial charge in [0, 0.05) is 90.0 Å². The van der Waals surface area contributed by atoms with E-state index in [1.54, 1.807) is 0 Å². The van der Waals surface area contributed by atoms with Gasteiger partial charge in [-0.1, -0.05) is 97.1 Å². The lowest BCUT2D eigenvalue weighted by Crippen LogP contribution is -2.10.